The number of nitrogens with one attached hydrogen (secondary N) is 1. The van der Waals surface area contributed by atoms with E-state index in [0.29, 0.717) is 30.8 Å². The zero-order valence-corrected chi connectivity index (χ0v) is 10.9. The zero-order valence-electron chi connectivity index (χ0n) is 10.9. The van der Waals surface area contributed by atoms with Gasteiger partial charge in [-0.25, -0.2) is 4.39 Å². The number of carbonyl (C=O) groups is 1. The molecular formula is C14H18FNO3. The third-order valence-electron chi connectivity index (χ3n) is 3.18. The molecule has 2 rings (SSSR count). The Bertz CT molecular complexity index is 464. The average molecular weight is 267 g/mol. The van der Waals surface area contributed by atoms with Gasteiger partial charge in [-0.15, -0.1) is 0 Å². The summed E-state index contributed by atoms with van der Waals surface area (Å²) >= 11 is 0. The summed E-state index contributed by atoms with van der Waals surface area (Å²) in [4.78, 5) is 11.6. The van der Waals surface area contributed by atoms with Gasteiger partial charge in [-0.1, -0.05) is 6.92 Å². The summed E-state index contributed by atoms with van der Waals surface area (Å²) in [6, 6.07) is 3.61. The maximum absolute atomic E-state index is 13.3. The van der Waals surface area contributed by atoms with Gasteiger partial charge in [0.15, 0.2) is 0 Å². The summed E-state index contributed by atoms with van der Waals surface area (Å²) in [5, 5.41) is 13.1. The third kappa shape index (κ3) is 3.23. The number of rotatable bonds is 3. The van der Waals surface area contributed by atoms with E-state index >= 15 is 0 Å². The Labute approximate surface area is 111 Å². The first-order chi connectivity index (χ1) is 9.11. The Kier molecular flexibility index (Phi) is 4.37. The lowest BCUT2D eigenvalue weighted by atomic mass is 10.00. The van der Waals surface area contributed by atoms with Crippen molar-refractivity contribution in [1.82, 2.24) is 5.32 Å². The highest BCUT2D eigenvalue weighted by Gasteiger charge is 2.28. The largest absolute Gasteiger partial charge is 0.493 e. The van der Waals surface area contributed by atoms with Crippen molar-refractivity contribution >= 4 is 5.91 Å². The molecule has 1 amide bonds. The van der Waals surface area contributed by atoms with Gasteiger partial charge in [0.05, 0.1) is 12.6 Å². The topological polar surface area (TPSA) is 58.6 Å². The van der Waals surface area contributed by atoms with Crippen LogP contribution in [0.25, 0.3) is 0 Å². The first-order valence-corrected chi connectivity index (χ1v) is 6.51. The summed E-state index contributed by atoms with van der Waals surface area (Å²) in [5.74, 6) is -0.0607. The predicted molar refractivity (Wildman–Crippen MR) is 68.3 cm³/mol. The summed E-state index contributed by atoms with van der Waals surface area (Å²) in [6.45, 7) is 2.30. The molecule has 0 saturated carbocycles. The number of fused-ring (bicyclic) bond motifs is 1. The van der Waals surface area contributed by atoms with E-state index in [-0.39, 0.29) is 5.91 Å². The quantitative estimate of drug-likeness (QED) is 0.879. The van der Waals surface area contributed by atoms with E-state index in [1.54, 1.807) is 0 Å². The molecule has 2 N–H and O–H groups in total. The number of aliphatic hydroxyl groups is 1. The second kappa shape index (κ2) is 6.02. The minimum Gasteiger partial charge on any atom is -0.493 e. The molecule has 1 aliphatic rings. The van der Waals surface area contributed by atoms with Crippen LogP contribution in [-0.4, -0.2) is 23.7 Å². The summed E-state index contributed by atoms with van der Waals surface area (Å²) < 4.78 is 18.7. The molecule has 0 spiro atoms. The summed E-state index contributed by atoms with van der Waals surface area (Å²) in [5.41, 5.74) is 0.388. The van der Waals surface area contributed by atoms with Crippen molar-refractivity contribution < 1.29 is 19.0 Å². The van der Waals surface area contributed by atoms with E-state index < -0.39 is 18.0 Å². The number of halogens is 1. The number of amides is 1. The van der Waals surface area contributed by atoms with E-state index in [1.807, 2.05) is 6.92 Å². The van der Waals surface area contributed by atoms with Crippen molar-refractivity contribution in [1.29, 1.82) is 0 Å². The molecule has 2 atom stereocenters. The molecule has 0 radical (unpaired) electrons. The molecule has 1 aromatic rings. The molecule has 0 fully saturated rings. The van der Waals surface area contributed by atoms with Crippen molar-refractivity contribution in [3.63, 3.8) is 0 Å². The van der Waals surface area contributed by atoms with Crippen LogP contribution in [0, 0.1) is 5.82 Å². The molecule has 1 aromatic carbocycles. The molecule has 0 saturated heterocycles. The lowest BCUT2D eigenvalue weighted by Crippen LogP contribution is -2.39. The van der Waals surface area contributed by atoms with Gasteiger partial charge in [-0.3, -0.25) is 4.79 Å². The standard InChI is InChI=1S/C14H18FNO3/c1-2-3-13(17)16-11-6-7-19-12-5-4-9(15)8-10(12)14(11)18/h4-5,8,11,14,18H,2-3,6-7H2,1H3,(H,16,17). The average Bonchev–Trinajstić information content (AvgIpc) is 2.51. The second-order valence-electron chi connectivity index (χ2n) is 4.69. The Morgan fingerprint density at radius 2 is 2.37 bits per heavy atom. The van der Waals surface area contributed by atoms with Gasteiger partial charge >= 0.3 is 0 Å². The minimum absolute atomic E-state index is 0.105. The fourth-order valence-corrected chi connectivity index (χ4v) is 2.21. The van der Waals surface area contributed by atoms with Crippen LogP contribution in [-0.2, 0) is 4.79 Å². The normalized spacial score (nSPS) is 22.1. The molecule has 1 aliphatic heterocycles. The van der Waals surface area contributed by atoms with Crippen molar-refractivity contribution in [2.45, 2.75) is 38.3 Å². The van der Waals surface area contributed by atoms with Crippen LogP contribution in [0.3, 0.4) is 0 Å². The third-order valence-corrected chi connectivity index (χ3v) is 3.18. The maximum atomic E-state index is 13.3. The van der Waals surface area contributed by atoms with Crippen molar-refractivity contribution in [3.8, 4) is 5.75 Å². The van der Waals surface area contributed by atoms with Gasteiger partial charge in [0.1, 0.15) is 17.7 Å². The predicted octanol–water partition coefficient (Wildman–Crippen LogP) is 1.93. The monoisotopic (exact) mass is 267 g/mol. The molecular weight excluding hydrogens is 249 g/mol. The molecule has 0 aromatic heterocycles. The van der Waals surface area contributed by atoms with Gasteiger partial charge in [-0.2, -0.15) is 0 Å². The van der Waals surface area contributed by atoms with Gasteiger partial charge in [0.25, 0.3) is 0 Å². The Balaban J connectivity index is 2.18. The van der Waals surface area contributed by atoms with E-state index in [2.05, 4.69) is 5.32 Å². The first-order valence-electron chi connectivity index (χ1n) is 6.51. The first kappa shape index (κ1) is 13.8. The Morgan fingerprint density at radius 1 is 1.58 bits per heavy atom. The van der Waals surface area contributed by atoms with Gasteiger partial charge in [0.2, 0.25) is 5.91 Å². The van der Waals surface area contributed by atoms with E-state index in [4.69, 9.17) is 4.74 Å². The molecule has 19 heavy (non-hydrogen) atoms. The highest BCUT2D eigenvalue weighted by atomic mass is 19.1. The molecule has 0 aliphatic carbocycles. The van der Waals surface area contributed by atoms with Gasteiger partial charge < -0.3 is 15.2 Å². The Morgan fingerprint density at radius 3 is 3.11 bits per heavy atom. The maximum Gasteiger partial charge on any atom is 0.220 e. The second-order valence-corrected chi connectivity index (χ2v) is 4.69. The number of benzene rings is 1. The lowest BCUT2D eigenvalue weighted by molar-refractivity contribution is -0.122. The highest BCUT2D eigenvalue weighted by Crippen LogP contribution is 2.32. The van der Waals surface area contributed by atoms with E-state index in [0.717, 1.165) is 6.42 Å². The molecule has 4 nitrogen and oxygen atoms in total. The van der Waals surface area contributed by atoms with Crippen LogP contribution >= 0.6 is 0 Å². The smallest absolute Gasteiger partial charge is 0.220 e. The van der Waals surface area contributed by atoms with Crippen LogP contribution in [0.15, 0.2) is 18.2 Å². The highest BCUT2D eigenvalue weighted by molar-refractivity contribution is 5.76. The van der Waals surface area contributed by atoms with E-state index in [1.165, 1.54) is 18.2 Å². The van der Waals surface area contributed by atoms with Crippen LogP contribution in [0.5, 0.6) is 5.75 Å². The fourth-order valence-electron chi connectivity index (χ4n) is 2.21. The SMILES string of the molecule is CCCC(=O)NC1CCOc2ccc(F)cc2C1O. The summed E-state index contributed by atoms with van der Waals surface area (Å²) in [7, 11) is 0. The van der Waals surface area contributed by atoms with Gasteiger partial charge in [-0.05, 0) is 24.6 Å². The molecule has 0 bridgehead atoms. The van der Waals surface area contributed by atoms with Crippen LogP contribution < -0.4 is 10.1 Å². The van der Waals surface area contributed by atoms with Crippen molar-refractivity contribution in [2.75, 3.05) is 6.61 Å². The minimum atomic E-state index is -0.950. The van der Waals surface area contributed by atoms with Crippen molar-refractivity contribution in [3.05, 3.63) is 29.6 Å². The number of hydrogen-bond donors (Lipinski definition) is 2. The number of aliphatic hydroxyl groups excluding tert-OH is 1. The van der Waals surface area contributed by atoms with Crippen LogP contribution in [0.1, 0.15) is 37.9 Å². The molecule has 5 heteroatoms. The van der Waals surface area contributed by atoms with Crippen LogP contribution in [0.2, 0.25) is 0 Å². The fraction of sp³-hybridized carbons (Fsp3) is 0.500. The number of ether oxygens (including phenoxy) is 1. The van der Waals surface area contributed by atoms with Crippen molar-refractivity contribution in [2.24, 2.45) is 0 Å². The zero-order chi connectivity index (χ0) is 13.8. The summed E-state index contributed by atoms with van der Waals surface area (Å²) in [6.07, 6.45) is 0.706. The van der Waals surface area contributed by atoms with E-state index in [9.17, 15) is 14.3 Å². The van der Waals surface area contributed by atoms with Gasteiger partial charge in [0, 0.05) is 18.4 Å². The number of carbonyl (C=O) groups excluding carboxylic acids is 1. The Hall–Kier alpha value is -1.62. The molecule has 2 unspecified atom stereocenters. The van der Waals surface area contributed by atoms with Crippen LogP contribution in [0.4, 0.5) is 4.39 Å². The number of hydrogen-bond acceptors (Lipinski definition) is 3. The molecule has 104 valence electrons. The lowest BCUT2D eigenvalue weighted by Gasteiger charge is -2.21. The molecule has 1 heterocycles.